The highest BCUT2D eigenvalue weighted by atomic mass is 32.2. The molecule has 0 aliphatic heterocycles. The molecule has 0 aliphatic rings. The lowest BCUT2D eigenvalue weighted by Gasteiger charge is -2.12. The SMILES string of the molecule is CCOc1cccc(Oc2cccc(S(C)(=O)=O)c2)c1N. The number of nitrogens with two attached hydrogens (primary N) is 1. The Bertz CT molecular complexity index is 741. The molecule has 0 radical (unpaired) electrons. The number of para-hydroxylation sites is 1. The highest BCUT2D eigenvalue weighted by Gasteiger charge is 2.11. The van der Waals surface area contributed by atoms with Gasteiger partial charge in [-0.15, -0.1) is 0 Å². The molecule has 0 aromatic heterocycles. The molecule has 0 bridgehead atoms. The van der Waals surface area contributed by atoms with Gasteiger partial charge in [-0.1, -0.05) is 12.1 Å². The van der Waals surface area contributed by atoms with Gasteiger partial charge < -0.3 is 15.2 Å². The Morgan fingerprint density at radius 3 is 2.43 bits per heavy atom. The number of benzene rings is 2. The quantitative estimate of drug-likeness (QED) is 0.859. The molecule has 0 fully saturated rings. The highest BCUT2D eigenvalue weighted by molar-refractivity contribution is 7.90. The maximum Gasteiger partial charge on any atom is 0.175 e. The topological polar surface area (TPSA) is 78.6 Å². The van der Waals surface area contributed by atoms with Gasteiger partial charge in [-0.05, 0) is 37.3 Å². The first-order valence-corrected chi connectivity index (χ1v) is 8.30. The molecule has 0 aliphatic carbocycles. The predicted molar refractivity (Wildman–Crippen MR) is 81.6 cm³/mol. The second kappa shape index (κ2) is 6.05. The molecular weight excluding hydrogens is 290 g/mol. The Morgan fingerprint density at radius 1 is 1.10 bits per heavy atom. The van der Waals surface area contributed by atoms with E-state index in [4.69, 9.17) is 15.2 Å². The van der Waals surface area contributed by atoms with Gasteiger partial charge in [-0.3, -0.25) is 0 Å². The third-order valence-electron chi connectivity index (χ3n) is 2.79. The number of sulfone groups is 1. The van der Waals surface area contributed by atoms with Gasteiger partial charge in [0, 0.05) is 6.26 Å². The van der Waals surface area contributed by atoms with Gasteiger partial charge >= 0.3 is 0 Å². The summed E-state index contributed by atoms with van der Waals surface area (Å²) in [4.78, 5) is 0.194. The minimum Gasteiger partial charge on any atom is -0.492 e. The lowest BCUT2D eigenvalue weighted by atomic mass is 10.2. The summed E-state index contributed by atoms with van der Waals surface area (Å²) in [5, 5.41) is 0. The fourth-order valence-corrected chi connectivity index (χ4v) is 2.45. The van der Waals surface area contributed by atoms with Crippen LogP contribution in [0.1, 0.15) is 6.92 Å². The van der Waals surface area contributed by atoms with Crippen molar-refractivity contribution in [2.75, 3.05) is 18.6 Å². The van der Waals surface area contributed by atoms with Gasteiger partial charge in [0.25, 0.3) is 0 Å². The van der Waals surface area contributed by atoms with Gasteiger partial charge in [0.1, 0.15) is 17.2 Å². The highest BCUT2D eigenvalue weighted by Crippen LogP contribution is 2.34. The predicted octanol–water partition coefficient (Wildman–Crippen LogP) is 2.86. The van der Waals surface area contributed by atoms with Crippen LogP contribution in [0.4, 0.5) is 5.69 Å². The largest absolute Gasteiger partial charge is 0.492 e. The first kappa shape index (κ1) is 15.2. The minimum atomic E-state index is -3.28. The van der Waals surface area contributed by atoms with Crippen LogP contribution in [0.25, 0.3) is 0 Å². The standard InChI is InChI=1S/C15H17NO4S/c1-3-19-13-8-5-9-14(15(13)16)20-11-6-4-7-12(10-11)21(2,17)18/h4-10H,3,16H2,1-2H3. The Hall–Kier alpha value is -2.21. The van der Waals surface area contributed by atoms with E-state index in [0.29, 0.717) is 29.5 Å². The average Bonchev–Trinajstić information content (AvgIpc) is 2.43. The third kappa shape index (κ3) is 3.66. The third-order valence-corrected chi connectivity index (χ3v) is 3.90. The van der Waals surface area contributed by atoms with Crippen LogP contribution >= 0.6 is 0 Å². The number of nitrogen functional groups attached to an aromatic ring is 1. The molecule has 5 nitrogen and oxygen atoms in total. The van der Waals surface area contributed by atoms with E-state index in [1.54, 1.807) is 30.3 Å². The van der Waals surface area contributed by atoms with Gasteiger partial charge in [0.2, 0.25) is 0 Å². The Morgan fingerprint density at radius 2 is 1.76 bits per heavy atom. The molecule has 6 heteroatoms. The Kier molecular flexibility index (Phi) is 4.37. The zero-order valence-corrected chi connectivity index (χ0v) is 12.7. The van der Waals surface area contributed by atoms with Gasteiger partial charge in [0.05, 0.1) is 11.5 Å². The van der Waals surface area contributed by atoms with Gasteiger partial charge in [0.15, 0.2) is 15.6 Å². The van der Waals surface area contributed by atoms with Crippen molar-refractivity contribution in [2.24, 2.45) is 0 Å². The van der Waals surface area contributed by atoms with Crippen molar-refractivity contribution in [3.05, 3.63) is 42.5 Å². The first-order valence-electron chi connectivity index (χ1n) is 6.41. The molecule has 21 heavy (non-hydrogen) atoms. The van der Waals surface area contributed by atoms with E-state index in [1.165, 1.54) is 12.1 Å². The monoisotopic (exact) mass is 307 g/mol. The van der Waals surface area contributed by atoms with Crippen LogP contribution in [0.5, 0.6) is 17.2 Å². The Balaban J connectivity index is 2.33. The zero-order chi connectivity index (χ0) is 15.5. The summed E-state index contributed by atoms with van der Waals surface area (Å²) in [6, 6.07) is 11.5. The fourth-order valence-electron chi connectivity index (χ4n) is 1.79. The minimum absolute atomic E-state index is 0.194. The molecule has 2 N–H and O–H groups in total. The molecule has 0 saturated carbocycles. The summed E-state index contributed by atoms with van der Waals surface area (Å²) in [6.07, 6.45) is 1.15. The molecule has 0 spiro atoms. The van der Waals surface area contributed by atoms with E-state index in [0.717, 1.165) is 6.26 Å². The van der Waals surface area contributed by atoms with E-state index >= 15 is 0 Å². The van der Waals surface area contributed by atoms with Crippen molar-refractivity contribution < 1.29 is 17.9 Å². The van der Waals surface area contributed by atoms with Crippen molar-refractivity contribution in [1.29, 1.82) is 0 Å². The molecule has 0 saturated heterocycles. The second-order valence-corrected chi connectivity index (χ2v) is 6.47. The first-order chi connectivity index (χ1) is 9.91. The smallest absolute Gasteiger partial charge is 0.175 e. The second-order valence-electron chi connectivity index (χ2n) is 4.45. The van der Waals surface area contributed by atoms with Crippen LogP contribution in [-0.2, 0) is 9.84 Å². The van der Waals surface area contributed by atoms with E-state index < -0.39 is 9.84 Å². The number of rotatable bonds is 5. The van der Waals surface area contributed by atoms with Crippen LogP contribution in [0.2, 0.25) is 0 Å². The summed E-state index contributed by atoms with van der Waals surface area (Å²) in [6.45, 7) is 2.36. The van der Waals surface area contributed by atoms with Gasteiger partial charge in [-0.2, -0.15) is 0 Å². The molecule has 0 unspecified atom stereocenters. The maximum atomic E-state index is 11.5. The van der Waals surface area contributed by atoms with Gasteiger partial charge in [-0.25, -0.2) is 8.42 Å². The van der Waals surface area contributed by atoms with Crippen LogP contribution in [0.3, 0.4) is 0 Å². The van der Waals surface area contributed by atoms with Crippen molar-refractivity contribution in [1.82, 2.24) is 0 Å². The zero-order valence-electron chi connectivity index (χ0n) is 11.9. The van der Waals surface area contributed by atoms with Crippen LogP contribution < -0.4 is 15.2 Å². The lowest BCUT2D eigenvalue weighted by Crippen LogP contribution is -2.00. The van der Waals surface area contributed by atoms with E-state index in [9.17, 15) is 8.42 Å². The molecule has 2 rings (SSSR count). The van der Waals surface area contributed by atoms with E-state index in [2.05, 4.69) is 0 Å². The molecule has 0 amide bonds. The van der Waals surface area contributed by atoms with E-state index in [1.807, 2.05) is 6.92 Å². The normalized spacial score (nSPS) is 11.1. The number of hydrogen-bond donors (Lipinski definition) is 1. The molecule has 0 heterocycles. The molecule has 2 aromatic carbocycles. The lowest BCUT2D eigenvalue weighted by molar-refractivity contribution is 0.340. The van der Waals surface area contributed by atoms with Crippen LogP contribution in [-0.4, -0.2) is 21.3 Å². The molecule has 2 aromatic rings. The summed E-state index contributed by atoms with van der Waals surface area (Å²) in [7, 11) is -3.28. The van der Waals surface area contributed by atoms with E-state index in [-0.39, 0.29) is 4.90 Å². The van der Waals surface area contributed by atoms with Crippen molar-refractivity contribution in [2.45, 2.75) is 11.8 Å². The molecular formula is C15H17NO4S. The molecule has 112 valence electrons. The fraction of sp³-hybridized carbons (Fsp3) is 0.200. The van der Waals surface area contributed by atoms with Crippen molar-refractivity contribution in [3.8, 4) is 17.2 Å². The van der Waals surface area contributed by atoms with Crippen LogP contribution in [0.15, 0.2) is 47.4 Å². The van der Waals surface area contributed by atoms with Crippen molar-refractivity contribution in [3.63, 3.8) is 0 Å². The number of anilines is 1. The van der Waals surface area contributed by atoms with Crippen molar-refractivity contribution >= 4 is 15.5 Å². The number of ether oxygens (including phenoxy) is 2. The Labute approximate surface area is 124 Å². The maximum absolute atomic E-state index is 11.5. The molecule has 0 atom stereocenters. The summed E-state index contributed by atoms with van der Waals surface area (Å²) in [5.41, 5.74) is 6.35. The summed E-state index contributed by atoms with van der Waals surface area (Å²) < 4.78 is 34.1. The van der Waals surface area contributed by atoms with Crippen LogP contribution in [0, 0.1) is 0 Å². The summed E-state index contributed by atoms with van der Waals surface area (Å²) in [5.74, 6) is 1.36. The number of hydrogen-bond acceptors (Lipinski definition) is 5. The average molecular weight is 307 g/mol. The summed E-state index contributed by atoms with van der Waals surface area (Å²) >= 11 is 0.